The van der Waals surface area contributed by atoms with E-state index in [0.29, 0.717) is 0 Å². The average Bonchev–Trinajstić information content (AvgIpc) is 2.33. The first-order valence-electron chi connectivity index (χ1n) is 5.35. The predicted octanol–water partition coefficient (Wildman–Crippen LogP) is 0.664. The monoisotopic (exact) mass is 452 g/mol. The van der Waals surface area contributed by atoms with Gasteiger partial charge in [-0.05, 0) is 0 Å². The van der Waals surface area contributed by atoms with Crippen molar-refractivity contribution in [3.63, 3.8) is 0 Å². The van der Waals surface area contributed by atoms with Crippen molar-refractivity contribution in [2.24, 2.45) is 0 Å². The van der Waals surface area contributed by atoms with Gasteiger partial charge in [-0.25, -0.2) is 8.42 Å². The molecule has 0 aliphatic rings. The summed E-state index contributed by atoms with van der Waals surface area (Å²) in [5.74, 6) is -40.6. The largest absolute Gasteiger partial charge is 1.00 e. The van der Waals surface area contributed by atoms with Gasteiger partial charge in [-0.3, -0.25) is 0 Å². The van der Waals surface area contributed by atoms with Crippen LogP contribution in [-0.4, -0.2) is 54.5 Å². The van der Waals surface area contributed by atoms with Crippen molar-refractivity contribution >= 4 is 10.1 Å². The van der Waals surface area contributed by atoms with Crippen LogP contribution in [0.3, 0.4) is 0 Å². The molecule has 0 bridgehead atoms. The van der Waals surface area contributed by atoms with Crippen LogP contribution in [0, 0.1) is 0 Å². The van der Waals surface area contributed by atoms with Crippen LogP contribution in [-0.2, 0) is 10.1 Å². The van der Waals surface area contributed by atoms with Gasteiger partial charge in [0.2, 0.25) is 0 Å². The molecule has 0 spiro atoms. The molecule has 0 atom stereocenters. The maximum Gasteiger partial charge on any atom is 1.00 e. The summed E-state index contributed by atoms with van der Waals surface area (Å²) in [5.41, 5.74) is 0. The van der Waals surface area contributed by atoms with Crippen molar-refractivity contribution in [3.05, 3.63) is 0 Å². The molecule has 0 radical (unpaired) electrons. The summed E-state index contributed by atoms with van der Waals surface area (Å²) in [4.78, 5) is 0. The smallest absolute Gasteiger partial charge is 0.748 e. The predicted molar refractivity (Wildman–Crippen MR) is 50.0 cm³/mol. The molecule has 0 aromatic rings. The van der Waals surface area contributed by atoms with Crippen molar-refractivity contribution in [1.29, 1.82) is 0 Å². The van der Waals surface area contributed by atoms with Crippen LogP contribution >= 0.6 is 0 Å². The summed E-state index contributed by atoms with van der Waals surface area (Å²) >= 11 is 0. The van der Waals surface area contributed by atoms with E-state index in [1.807, 2.05) is 0 Å². The van der Waals surface area contributed by atoms with E-state index >= 15 is 0 Å². The molecule has 0 saturated heterocycles. The molecule has 0 amide bonds. The van der Waals surface area contributed by atoms with Gasteiger partial charge < -0.3 is 4.55 Å². The van der Waals surface area contributed by atoms with E-state index in [4.69, 9.17) is 0 Å². The fourth-order valence-corrected chi connectivity index (χ4v) is 1.72. The summed E-state index contributed by atoms with van der Waals surface area (Å²) in [6, 6.07) is 0. The topological polar surface area (TPSA) is 57.2 Å². The molecular formula is C8H4F13NaO3S. The van der Waals surface area contributed by atoms with Crippen molar-refractivity contribution in [2.45, 2.75) is 42.2 Å². The maximum atomic E-state index is 13.0. The number of alkyl halides is 13. The molecule has 152 valence electrons. The molecule has 18 heteroatoms. The van der Waals surface area contributed by atoms with Gasteiger partial charge >= 0.3 is 65.3 Å². The zero-order chi connectivity index (χ0) is 20.9. The Labute approximate surface area is 157 Å². The van der Waals surface area contributed by atoms with Crippen molar-refractivity contribution in [3.8, 4) is 0 Å². The van der Waals surface area contributed by atoms with Crippen LogP contribution in [0.2, 0.25) is 0 Å². The second-order valence-corrected chi connectivity index (χ2v) is 6.04. The molecule has 0 N–H and O–H groups in total. The minimum absolute atomic E-state index is 0. The van der Waals surface area contributed by atoms with E-state index in [1.54, 1.807) is 0 Å². The fraction of sp³-hybridized carbons (Fsp3) is 1.00. The SMILES string of the molecule is O=S(=O)([O-])[13CH2][13CH2]C(F)(F)C(F)(F)C(F)(F)C(F)(F)C(F)(F)C(F)(F)F.[Na+]. The van der Waals surface area contributed by atoms with Gasteiger partial charge in [-0.15, -0.1) is 0 Å². The van der Waals surface area contributed by atoms with E-state index in [2.05, 4.69) is 0 Å². The second-order valence-electron chi connectivity index (χ2n) is 4.51. The van der Waals surface area contributed by atoms with E-state index in [9.17, 15) is 70.0 Å². The second kappa shape index (κ2) is 7.44. The first kappa shape index (κ1) is 28.2. The Kier molecular flexibility index (Phi) is 8.07. The first-order valence-corrected chi connectivity index (χ1v) is 6.93. The molecule has 0 rings (SSSR count). The van der Waals surface area contributed by atoms with Crippen LogP contribution in [0.15, 0.2) is 0 Å². The van der Waals surface area contributed by atoms with E-state index < -0.39 is 58.1 Å². The fourth-order valence-electron chi connectivity index (χ4n) is 1.21. The molecule has 26 heavy (non-hydrogen) atoms. The third kappa shape index (κ3) is 4.70. The van der Waals surface area contributed by atoms with E-state index in [-0.39, 0.29) is 29.6 Å². The molecular weight excluding hydrogens is 448 g/mol. The number of rotatable bonds is 7. The molecule has 0 fully saturated rings. The summed E-state index contributed by atoms with van der Waals surface area (Å²) in [5, 5.41) is 0. The van der Waals surface area contributed by atoms with Gasteiger partial charge in [-0.2, -0.15) is 57.1 Å². The Hall–Kier alpha value is -0.000000000000000444. The molecule has 0 aromatic heterocycles. The van der Waals surface area contributed by atoms with Gasteiger partial charge in [0.25, 0.3) is 0 Å². The quantitative estimate of drug-likeness (QED) is 0.247. The molecule has 0 unspecified atom stereocenters. The van der Waals surface area contributed by atoms with E-state index in [0.717, 1.165) is 0 Å². The van der Waals surface area contributed by atoms with Crippen molar-refractivity contribution in [2.75, 3.05) is 5.75 Å². The number of hydrogen-bond acceptors (Lipinski definition) is 3. The Morgan fingerprint density at radius 2 is 0.923 bits per heavy atom. The van der Waals surface area contributed by atoms with Crippen LogP contribution in [0.4, 0.5) is 57.1 Å². The van der Waals surface area contributed by atoms with Crippen molar-refractivity contribution < 1.29 is 99.6 Å². The molecule has 3 nitrogen and oxygen atoms in total. The molecule has 0 saturated carbocycles. The zero-order valence-electron chi connectivity index (χ0n) is 12.0. The first-order chi connectivity index (χ1) is 10.5. The van der Waals surface area contributed by atoms with Gasteiger partial charge in [-0.1, -0.05) is 0 Å². The summed E-state index contributed by atoms with van der Waals surface area (Å²) in [6.07, 6.45) is -10.6. The molecule has 0 aliphatic heterocycles. The Morgan fingerprint density at radius 3 is 1.19 bits per heavy atom. The van der Waals surface area contributed by atoms with Gasteiger partial charge in [0.1, 0.15) is 0 Å². The standard InChI is InChI=1S/C8H5F13O3S.Na/c9-3(10,1-2-25(22,23)24)4(11,12)5(13,14)6(15,16)7(17,18)8(19,20)21;/h1-2H2,(H,22,23,24);/q;+1/p-1/i1+1,2+1;. The summed E-state index contributed by atoms with van der Waals surface area (Å²) in [6.45, 7) is 0. The minimum atomic E-state index is -8.05. The number of hydrogen-bond donors (Lipinski definition) is 0. The van der Waals surface area contributed by atoms with Crippen LogP contribution in [0.5, 0.6) is 0 Å². The Balaban J connectivity index is 0. The van der Waals surface area contributed by atoms with Gasteiger partial charge in [0, 0.05) is 12.2 Å². The molecule has 0 aromatic carbocycles. The minimum Gasteiger partial charge on any atom is -0.748 e. The van der Waals surface area contributed by atoms with Crippen LogP contribution in [0.1, 0.15) is 6.42 Å². The van der Waals surface area contributed by atoms with E-state index in [1.165, 1.54) is 0 Å². The summed E-state index contributed by atoms with van der Waals surface area (Å²) in [7, 11) is -5.77. The van der Waals surface area contributed by atoms with Gasteiger partial charge in [0.15, 0.2) is 0 Å². The third-order valence-electron chi connectivity index (χ3n) is 2.66. The number of halogens is 13. The third-order valence-corrected chi connectivity index (χ3v) is 3.37. The van der Waals surface area contributed by atoms with Gasteiger partial charge in [0.05, 0.1) is 10.1 Å². The normalized spacial score (nSPS) is 15.6. The Bertz CT molecular complexity index is 597. The summed E-state index contributed by atoms with van der Waals surface area (Å²) < 4.78 is 193. The van der Waals surface area contributed by atoms with Crippen molar-refractivity contribution in [1.82, 2.24) is 0 Å². The average molecular weight is 452 g/mol. The Morgan fingerprint density at radius 1 is 0.615 bits per heavy atom. The maximum absolute atomic E-state index is 13.0. The molecule has 0 heterocycles. The van der Waals surface area contributed by atoms with Crippen LogP contribution < -0.4 is 29.6 Å². The van der Waals surface area contributed by atoms with Crippen LogP contribution in [0.25, 0.3) is 0 Å². The molecule has 0 aliphatic carbocycles. The zero-order valence-corrected chi connectivity index (χ0v) is 14.8.